The number of hydrogen-bond acceptors (Lipinski definition) is 7. The molecule has 0 radical (unpaired) electrons. The second kappa shape index (κ2) is 8.76. The Hall–Kier alpha value is -2.75. The molecule has 2 aliphatic rings. The molecule has 1 unspecified atom stereocenters. The molecule has 1 saturated heterocycles. The van der Waals surface area contributed by atoms with Gasteiger partial charge in [-0.2, -0.15) is 8.42 Å². The number of aromatic nitrogens is 1. The number of carbonyl (C=O) groups is 1. The van der Waals surface area contributed by atoms with Gasteiger partial charge < -0.3 is 21.1 Å². The molecule has 0 aliphatic carbocycles. The quantitative estimate of drug-likeness (QED) is 0.620. The predicted octanol–water partition coefficient (Wildman–Crippen LogP) is 0.0338. The van der Waals surface area contributed by atoms with Crippen molar-refractivity contribution < 1.29 is 17.9 Å². The Morgan fingerprint density at radius 1 is 1.11 bits per heavy atom. The zero-order valence-electron chi connectivity index (χ0n) is 14.5. The third kappa shape index (κ3) is 4.51. The molecule has 142 valence electrons. The number of carbonyl (C=O) groups excluding carboxylic acids is 1. The van der Waals surface area contributed by atoms with E-state index in [0.717, 1.165) is 37.4 Å². The van der Waals surface area contributed by atoms with Crippen LogP contribution in [0.3, 0.4) is 0 Å². The molecule has 0 saturated carbocycles. The summed E-state index contributed by atoms with van der Waals surface area (Å²) in [5.41, 5.74) is 8.05. The number of nitrogens with one attached hydrogen (secondary N) is 2. The number of amides is 1. The number of primary amides is 1. The lowest BCUT2D eigenvalue weighted by Crippen LogP contribution is -2.38. The van der Waals surface area contributed by atoms with Crippen molar-refractivity contribution in [2.45, 2.75) is 6.04 Å². The van der Waals surface area contributed by atoms with Crippen LogP contribution in [0.5, 0.6) is 0 Å². The molecule has 0 bridgehead atoms. The van der Waals surface area contributed by atoms with Gasteiger partial charge in [-0.05, 0) is 35.4 Å². The maximum Gasteiger partial charge on any atom is 0.245 e. The van der Waals surface area contributed by atoms with Crippen molar-refractivity contribution in [1.82, 2.24) is 10.3 Å². The number of nitrogens with two attached hydrogens (primary N) is 1. The molecule has 1 aromatic carbocycles. The van der Waals surface area contributed by atoms with Gasteiger partial charge in [-0.3, -0.25) is 9.78 Å². The number of fused-ring (bicyclic) bond motifs is 1. The van der Waals surface area contributed by atoms with E-state index >= 15 is 0 Å². The monoisotopic (exact) mass is 388 g/mol. The van der Waals surface area contributed by atoms with E-state index in [4.69, 9.17) is 10.5 Å². The van der Waals surface area contributed by atoms with Gasteiger partial charge in [0, 0.05) is 36.7 Å². The first-order valence-corrected chi connectivity index (χ1v) is 9.50. The van der Waals surface area contributed by atoms with Gasteiger partial charge in [-0.15, -0.1) is 0 Å². The first kappa shape index (κ1) is 19.0. The molecular weight excluding hydrogens is 368 g/mol. The zero-order chi connectivity index (χ0) is 19.2. The highest BCUT2D eigenvalue weighted by Gasteiger charge is 2.33. The first-order valence-electron chi connectivity index (χ1n) is 8.43. The largest absolute Gasteiger partial charge is 0.379 e. The van der Waals surface area contributed by atoms with Crippen LogP contribution in [0.2, 0.25) is 0 Å². The number of morpholine rings is 1. The third-order valence-corrected chi connectivity index (χ3v) is 4.99. The second-order valence-corrected chi connectivity index (χ2v) is 6.85. The minimum atomic E-state index is -2.53. The smallest absolute Gasteiger partial charge is 0.245 e. The lowest BCUT2D eigenvalue weighted by molar-refractivity contribution is -0.117. The summed E-state index contributed by atoms with van der Waals surface area (Å²) in [7, 11) is -2.53. The molecule has 27 heavy (non-hydrogen) atoms. The average Bonchev–Trinajstić information content (AvgIpc) is 3.10. The number of hydrogen-bond donors (Lipinski definition) is 3. The van der Waals surface area contributed by atoms with Gasteiger partial charge in [-0.25, -0.2) is 0 Å². The summed E-state index contributed by atoms with van der Waals surface area (Å²) < 4.78 is 27.9. The highest BCUT2D eigenvalue weighted by molar-refractivity contribution is 7.73. The number of benzene rings is 1. The molecule has 2 aromatic rings. The lowest BCUT2D eigenvalue weighted by Gasteiger charge is -2.10. The van der Waals surface area contributed by atoms with Gasteiger partial charge in [-0.1, -0.05) is 6.07 Å². The number of ether oxygens (including phenoxy) is 1. The Morgan fingerprint density at radius 2 is 1.81 bits per heavy atom. The van der Waals surface area contributed by atoms with Crippen LogP contribution < -0.4 is 16.4 Å². The van der Waals surface area contributed by atoms with Gasteiger partial charge >= 0.3 is 0 Å². The predicted molar refractivity (Wildman–Crippen MR) is 103 cm³/mol. The Morgan fingerprint density at radius 3 is 2.33 bits per heavy atom. The summed E-state index contributed by atoms with van der Waals surface area (Å²) in [5, 5.41) is 5.99. The van der Waals surface area contributed by atoms with Crippen LogP contribution in [0.15, 0.2) is 42.7 Å². The highest BCUT2D eigenvalue weighted by atomic mass is 32.2. The average molecular weight is 388 g/mol. The molecule has 1 aromatic heterocycles. The standard InChI is InChI=1S/C14H11N3O3S.C4H9NO/c15-14(18)12-13(21(19)20)10-7-9(1-2-11(10)17-12)8-3-5-16-6-4-8;1-3-6-4-2-5-1/h1-7,12,17H,(H2,15,18);5H,1-4H2. The summed E-state index contributed by atoms with van der Waals surface area (Å²) in [6.07, 6.45) is 3.31. The van der Waals surface area contributed by atoms with Gasteiger partial charge in [0.15, 0.2) is 0 Å². The highest BCUT2D eigenvalue weighted by Crippen LogP contribution is 2.30. The summed E-state index contributed by atoms with van der Waals surface area (Å²) in [6.45, 7) is 3.83. The van der Waals surface area contributed by atoms with Gasteiger partial charge in [0.05, 0.1) is 13.2 Å². The van der Waals surface area contributed by atoms with E-state index in [9.17, 15) is 13.2 Å². The van der Waals surface area contributed by atoms with Crippen molar-refractivity contribution >= 4 is 26.8 Å². The third-order valence-electron chi connectivity index (χ3n) is 4.17. The van der Waals surface area contributed by atoms with E-state index in [2.05, 4.69) is 15.6 Å². The van der Waals surface area contributed by atoms with Crippen LogP contribution in [0.4, 0.5) is 5.69 Å². The maximum absolute atomic E-state index is 11.4. The molecule has 4 rings (SSSR count). The van der Waals surface area contributed by atoms with E-state index in [1.165, 1.54) is 0 Å². The minimum Gasteiger partial charge on any atom is -0.379 e. The number of anilines is 1. The van der Waals surface area contributed by atoms with Crippen molar-refractivity contribution in [3.05, 3.63) is 48.3 Å². The molecule has 2 aliphatic heterocycles. The fraction of sp³-hybridized carbons (Fsp3) is 0.278. The van der Waals surface area contributed by atoms with E-state index in [-0.39, 0.29) is 4.86 Å². The normalized spacial score (nSPS) is 17.9. The SMILES string of the molecule is C1COCCN1.NC(=O)C1Nc2ccc(-c3ccncc3)cc2C1=S(=O)=O. The van der Waals surface area contributed by atoms with Crippen molar-refractivity contribution in [3.8, 4) is 11.1 Å². The summed E-state index contributed by atoms with van der Waals surface area (Å²) in [5.74, 6) is -0.726. The van der Waals surface area contributed by atoms with E-state index in [0.29, 0.717) is 11.3 Å². The van der Waals surface area contributed by atoms with E-state index < -0.39 is 22.2 Å². The van der Waals surface area contributed by atoms with E-state index in [1.807, 2.05) is 18.2 Å². The maximum atomic E-state index is 11.4. The van der Waals surface area contributed by atoms with Crippen molar-refractivity contribution in [2.24, 2.45) is 5.73 Å². The Labute approximate surface area is 158 Å². The lowest BCUT2D eigenvalue weighted by atomic mass is 10.0. The molecule has 4 N–H and O–H groups in total. The van der Waals surface area contributed by atoms with Gasteiger partial charge in [0.25, 0.3) is 0 Å². The summed E-state index contributed by atoms with van der Waals surface area (Å²) in [6, 6.07) is 7.93. The molecule has 3 heterocycles. The fourth-order valence-electron chi connectivity index (χ4n) is 2.88. The number of nitrogens with zero attached hydrogens (tertiary/aromatic N) is 1. The van der Waals surface area contributed by atoms with E-state index in [1.54, 1.807) is 24.5 Å². The molecular formula is C18H20N4O4S. The Balaban J connectivity index is 0.000000299. The van der Waals surface area contributed by atoms with Gasteiger partial charge in [0.2, 0.25) is 16.2 Å². The molecule has 1 atom stereocenters. The van der Waals surface area contributed by atoms with Crippen LogP contribution in [0.1, 0.15) is 5.56 Å². The van der Waals surface area contributed by atoms with Crippen LogP contribution in [0, 0.1) is 0 Å². The van der Waals surface area contributed by atoms with Gasteiger partial charge in [0.1, 0.15) is 10.9 Å². The van der Waals surface area contributed by atoms with Crippen LogP contribution in [-0.4, -0.2) is 56.5 Å². The second-order valence-electron chi connectivity index (χ2n) is 5.94. The summed E-state index contributed by atoms with van der Waals surface area (Å²) in [4.78, 5) is 15.3. The zero-order valence-corrected chi connectivity index (χ0v) is 15.3. The number of rotatable bonds is 2. The Kier molecular flexibility index (Phi) is 6.17. The molecule has 1 amide bonds. The molecule has 9 heteroatoms. The first-order chi connectivity index (χ1) is 13.1. The molecule has 8 nitrogen and oxygen atoms in total. The van der Waals surface area contributed by atoms with Crippen LogP contribution in [0.25, 0.3) is 11.1 Å². The molecule has 1 fully saturated rings. The van der Waals surface area contributed by atoms with Crippen molar-refractivity contribution in [2.75, 3.05) is 31.6 Å². The van der Waals surface area contributed by atoms with Crippen molar-refractivity contribution in [3.63, 3.8) is 0 Å². The van der Waals surface area contributed by atoms with Crippen LogP contribution in [-0.2, 0) is 19.8 Å². The minimum absolute atomic E-state index is 0.0200. The Bertz CT molecular complexity index is 937. The van der Waals surface area contributed by atoms with Crippen LogP contribution >= 0.6 is 0 Å². The van der Waals surface area contributed by atoms with Crippen molar-refractivity contribution in [1.29, 1.82) is 0 Å². The summed E-state index contributed by atoms with van der Waals surface area (Å²) >= 11 is 0. The topological polar surface area (TPSA) is 123 Å². The fourth-order valence-corrected chi connectivity index (χ4v) is 3.59. The number of pyridine rings is 1. The molecule has 0 spiro atoms.